The van der Waals surface area contributed by atoms with Crippen LogP contribution >= 0.6 is 0 Å². The van der Waals surface area contributed by atoms with Gasteiger partial charge in [-0.1, -0.05) is 30.3 Å². The Kier molecular flexibility index (Phi) is 5.52. The molecule has 0 saturated carbocycles. The minimum atomic E-state index is -0.788. The highest BCUT2D eigenvalue weighted by Crippen LogP contribution is 2.28. The SMILES string of the molecule is C[C@H](OC(=O)c1ccccc1Oc1ccccc1)c1nnc(-c2ccc(F)cc2)o1. The molecular formula is C23H17FN2O4. The van der Waals surface area contributed by atoms with Crippen LogP contribution in [0.3, 0.4) is 0 Å². The highest BCUT2D eigenvalue weighted by Gasteiger charge is 2.22. The molecule has 0 N–H and O–H groups in total. The van der Waals surface area contributed by atoms with Crippen molar-refractivity contribution in [3.05, 3.63) is 96.1 Å². The Balaban J connectivity index is 1.49. The van der Waals surface area contributed by atoms with Gasteiger partial charge in [0.25, 0.3) is 5.89 Å². The van der Waals surface area contributed by atoms with E-state index in [4.69, 9.17) is 13.9 Å². The monoisotopic (exact) mass is 404 g/mol. The van der Waals surface area contributed by atoms with E-state index in [0.29, 0.717) is 17.1 Å². The lowest BCUT2D eigenvalue weighted by atomic mass is 10.2. The van der Waals surface area contributed by atoms with Gasteiger partial charge in [-0.25, -0.2) is 9.18 Å². The van der Waals surface area contributed by atoms with Gasteiger partial charge in [0.15, 0.2) is 6.10 Å². The number of hydrogen-bond acceptors (Lipinski definition) is 6. The van der Waals surface area contributed by atoms with Crippen molar-refractivity contribution in [2.45, 2.75) is 13.0 Å². The molecule has 0 aliphatic rings. The topological polar surface area (TPSA) is 74.5 Å². The summed E-state index contributed by atoms with van der Waals surface area (Å²) in [4.78, 5) is 12.7. The molecular weight excluding hydrogens is 387 g/mol. The molecule has 0 spiro atoms. The van der Waals surface area contributed by atoms with E-state index in [-0.39, 0.29) is 23.2 Å². The van der Waals surface area contributed by atoms with Crippen molar-refractivity contribution in [3.8, 4) is 23.0 Å². The summed E-state index contributed by atoms with van der Waals surface area (Å²) in [6.45, 7) is 1.63. The van der Waals surface area contributed by atoms with E-state index >= 15 is 0 Å². The highest BCUT2D eigenvalue weighted by atomic mass is 19.1. The van der Waals surface area contributed by atoms with Crippen LogP contribution in [0.5, 0.6) is 11.5 Å². The molecule has 0 saturated heterocycles. The van der Waals surface area contributed by atoms with Crippen LogP contribution in [0.1, 0.15) is 29.3 Å². The molecule has 1 heterocycles. The molecule has 0 amide bonds. The summed E-state index contributed by atoms with van der Waals surface area (Å²) in [5, 5.41) is 7.87. The van der Waals surface area contributed by atoms with Crippen LogP contribution in [0.25, 0.3) is 11.5 Å². The number of nitrogens with zero attached hydrogens (tertiary/aromatic N) is 2. The van der Waals surface area contributed by atoms with Crippen molar-refractivity contribution in [2.24, 2.45) is 0 Å². The third kappa shape index (κ3) is 4.35. The third-order valence-corrected chi connectivity index (χ3v) is 4.24. The Morgan fingerprint density at radius 1 is 0.933 bits per heavy atom. The fourth-order valence-corrected chi connectivity index (χ4v) is 2.72. The standard InChI is InChI=1S/C23H17FN2O4/c1-15(21-25-26-22(30-21)16-11-13-17(24)14-12-16)28-23(27)19-9-5-6-10-20(19)29-18-7-3-2-4-8-18/h2-15H,1H3/t15-/m0/s1. The number of ether oxygens (including phenoxy) is 2. The van der Waals surface area contributed by atoms with E-state index in [2.05, 4.69) is 10.2 Å². The maximum Gasteiger partial charge on any atom is 0.342 e. The van der Waals surface area contributed by atoms with Gasteiger partial charge in [0.05, 0.1) is 0 Å². The van der Waals surface area contributed by atoms with Gasteiger partial charge in [0, 0.05) is 5.56 Å². The molecule has 0 radical (unpaired) electrons. The molecule has 1 atom stereocenters. The number of esters is 1. The zero-order chi connectivity index (χ0) is 20.9. The van der Waals surface area contributed by atoms with E-state index < -0.39 is 12.1 Å². The normalized spacial score (nSPS) is 11.7. The molecule has 4 rings (SSSR count). The molecule has 0 fully saturated rings. The van der Waals surface area contributed by atoms with Crippen LogP contribution < -0.4 is 4.74 Å². The Labute approximate surface area is 171 Å². The summed E-state index contributed by atoms with van der Waals surface area (Å²) in [5.41, 5.74) is 0.835. The molecule has 0 aliphatic heterocycles. The van der Waals surface area contributed by atoms with Crippen molar-refractivity contribution in [2.75, 3.05) is 0 Å². The Morgan fingerprint density at radius 3 is 2.40 bits per heavy atom. The van der Waals surface area contributed by atoms with Crippen LogP contribution in [0.2, 0.25) is 0 Å². The van der Waals surface area contributed by atoms with Gasteiger partial charge in [0.1, 0.15) is 22.9 Å². The molecule has 0 bridgehead atoms. The molecule has 4 aromatic rings. The van der Waals surface area contributed by atoms with Gasteiger partial charge in [-0.15, -0.1) is 10.2 Å². The maximum absolute atomic E-state index is 13.1. The van der Waals surface area contributed by atoms with Gasteiger partial charge < -0.3 is 13.9 Å². The third-order valence-electron chi connectivity index (χ3n) is 4.24. The zero-order valence-electron chi connectivity index (χ0n) is 16.0. The summed E-state index contributed by atoms with van der Waals surface area (Å²) < 4.78 is 30.0. The number of halogens is 1. The lowest BCUT2D eigenvalue weighted by Crippen LogP contribution is -2.10. The minimum absolute atomic E-state index is 0.129. The number of carbonyl (C=O) groups is 1. The van der Waals surface area contributed by atoms with Crippen molar-refractivity contribution in [3.63, 3.8) is 0 Å². The van der Waals surface area contributed by atoms with E-state index in [9.17, 15) is 9.18 Å². The van der Waals surface area contributed by atoms with E-state index in [1.54, 1.807) is 43.3 Å². The largest absolute Gasteiger partial charge is 0.456 e. The molecule has 150 valence electrons. The summed E-state index contributed by atoms with van der Waals surface area (Å²) >= 11 is 0. The Bertz CT molecular complexity index is 1140. The van der Waals surface area contributed by atoms with Crippen molar-refractivity contribution in [1.82, 2.24) is 10.2 Å². The summed E-state index contributed by atoms with van der Waals surface area (Å²) in [6, 6.07) is 21.6. The van der Waals surface area contributed by atoms with Gasteiger partial charge in [-0.3, -0.25) is 0 Å². The fraction of sp³-hybridized carbons (Fsp3) is 0.0870. The lowest BCUT2D eigenvalue weighted by molar-refractivity contribution is 0.0277. The second-order valence-corrected chi connectivity index (χ2v) is 6.41. The maximum atomic E-state index is 13.1. The first-order chi connectivity index (χ1) is 14.6. The first-order valence-corrected chi connectivity index (χ1v) is 9.22. The van der Waals surface area contributed by atoms with E-state index in [1.165, 1.54) is 24.3 Å². The summed E-state index contributed by atoms with van der Waals surface area (Å²) in [7, 11) is 0. The number of para-hydroxylation sites is 2. The number of hydrogen-bond donors (Lipinski definition) is 0. The highest BCUT2D eigenvalue weighted by molar-refractivity contribution is 5.92. The molecule has 6 nitrogen and oxygen atoms in total. The lowest BCUT2D eigenvalue weighted by Gasteiger charge is -2.13. The minimum Gasteiger partial charge on any atom is -0.456 e. The van der Waals surface area contributed by atoms with Crippen molar-refractivity contribution in [1.29, 1.82) is 0 Å². The van der Waals surface area contributed by atoms with Crippen molar-refractivity contribution < 1.29 is 23.1 Å². The average Bonchev–Trinajstić information content (AvgIpc) is 3.26. The Hall–Kier alpha value is -4.00. The number of aromatic nitrogens is 2. The first kappa shape index (κ1) is 19.3. The van der Waals surface area contributed by atoms with Crippen LogP contribution in [-0.4, -0.2) is 16.2 Å². The second kappa shape index (κ2) is 8.57. The van der Waals surface area contributed by atoms with Gasteiger partial charge in [-0.2, -0.15) is 0 Å². The summed E-state index contributed by atoms with van der Waals surface area (Å²) in [5.74, 6) is 0.364. The molecule has 30 heavy (non-hydrogen) atoms. The number of benzene rings is 3. The van der Waals surface area contributed by atoms with E-state index in [1.807, 2.05) is 18.2 Å². The smallest absolute Gasteiger partial charge is 0.342 e. The molecule has 3 aromatic carbocycles. The quantitative estimate of drug-likeness (QED) is 0.390. The van der Waals surface area contributed by atoms with E-state index in [0.717, 1.165) is 0 Å². The van der Waals surface area contributed by atoms with Crippen molar-refractivity contribution >= 4 is 5.97 Å². The van der Waals surface area contributed by atoms with Gasteiger partial charge in [0.2, 0.25) is 5.89 Å². The zero-order valence-corrected chi connectivity index (χ0v) is 16.0. The molecule has 7 heteroatoms. The van der Waals surface area contributed by atoms with Gasteiger partial charge in [-0.05, 0) is 55.5 Å². The van der Waals surface area contributed by atoms with Crippen LogP contribution in [-0.2, 0) is 4.74 Å². The number of rotatable bonds is 6. The van der Waals surface area contributed by atoms with Crippen LogP contribution in [0.15, 0.2) is 83.3 Å². The Morgan fingerprint density at radius 2 is 1.63 bits per heavy atom. The predicted molar refractivity (Wildman–Crippen MR) is 106 cm³/mol. The first-order valence-electron chi connectivity index (χ1n) is 9.22. The van der Waals surface area contributed by atoms with Gasteiger partial charge >= 0.3 is 5.97 Å². The van der Waals surface area contributed by atoms with Crippen LogP contribution in [0.4, 0.5) is 4.39 Å². The average molecular weight is 404 g/mol. The molecule has 0 aliphatic carbocycles. The summed E-state index contributed by atoms with van der Waals surface area (Å²) in [6.07, 6.45) is -0.788. The van der Waals surface area contributed by atoms with Crippen LogP contribution in [0, 0.1) is 5.82 Å². The molecule has 1 aromatic heterocycles. The molecule has 0 unspecified atom stereocenters. The number of carbonyl (C=O) groups excluding carboxylic acids is 1. The fourth-order valence-electron chi connectivity index (χ4n) is 2.72. The predicted octanol–water partition coefficient (Wildman–Crippen LogP) is 5.59. The second-order valence-electron chi connectivity index (χ2n) is 6.41.